The van der Waals surface area contributed by atoms with Crippen LogP contribution in [0.15, 0.2) is 18.5 Å². The van der Waals surface area contributed by atoms with Crippen LogP contribution in [0.1, 0.15) is 12.8 Å². The Morgan fingerprint density at radius 3 is 2.67 bits per heavy atom. The van der Waals surface area contributed by atoms with Crippen LogP contribution >= 0.6 is 0 Å². The summed E-state index contributed by atoms with van der Waals surface area (Å²) in [5.41, 5.74) is 7.28. The number of hydrogen-bond acceptors (Lipinski definition) is 5. The normalized spacial score (nSPS) is 18.7. The van der Waals surface area contributed by atoms with E-state index < -0.39 is 10.0 Å². The number of nitrogens with one attached hydrogen (secondary N) is 1. The first-order valence-electron chi connectivity index (χ1n) is 5.88. The molecule has 2 heterocycles. The summed E-state index contributed by atoms with van der Waals surface area (Å²) in [5, 5.41) is 3.33. The lowest BCUT2D eigenvalue weighted by atomic mass is 10.1. The van der Waals surface area contributed by atoms with Gasteiger partial charge in [-0.15, -0.1) is 0 Å². The fourth-order valence-electron chi connectivity index (χ4n) is 2.09. The molecule has 7 heteroatoms. The molecule has 1 aromatic heterocycles. The number of anilines is 2. The molecule has 0 spiro atoms. The minimum atomic E-state index is -3.06. The number of aromatic nitrogens is 1. The molecule has 0 amide bonds. The van der Waals surface area contributed by atoms with Gasteiger partial charge in [-0.05, 0) is 18.9 Å². The van der Waals surface area contributed by atoms with Crippen molar-refractivity contribution in [2.24, 2.45) is 0 Å². The molecule has 2 rings (SSSR count). The Labute approximate surface area is 107 Å². The summed E-state index contributed by atoms with van der Waals surface area (Å²) in [6, 6.07) is 2.09. The summed E-state index contributed by atoms with van der Waals surface area (Å²) in [4.78, 5) is 3.93. The van der Waals surface area contributed by atoms with E-state index in [0.29, 0.717) is 18.8 Å². The summed E-state index contributed by atoms with van der Waals surface area (Å²) in [7, 11) is -3.06. The predicted octanol–water partition coefficient (Wildman–Crippen LogP) is 0.500. The Kier molecular flexibility index (Phi) is 3.72. The van der Waals surface area contributed by atoms with E-state index in [0.717, 1.165) is 18.5 Å². The van der Waals surface area contributed by atoms with Crippen LogP contribution in [0.3, 0.4) is 0 Å². The fraction of sp³-hybridized carbons (Fsp3) is 0.545. The van der Waals surface area contributed by atoms with Gasteiger partial charge in [0.05, 0.1) is 23.8 Å². The van der Waals surface area contributed by atoms with Crippen LogP contribution in [0.2, 0.25) is 0 Å². The van der Waals surface area contributed by atoms with Gasteiger partial charge < -0.3 is 11.1 Å². The third-order valence-electron chi connectivity index (χ3n) is 3.13. The van der Waals surface area contributed by atoms with Crippen LogP contribution in [0.25, 0.3) is 0 Å². The first kappa shape index (κ1) is 13.1. The number of sulfonamides is 1. The van der Waals surface area contributed by atoms with Crippen LogP contribution in [0, 0.1) is 0 Å². The molecule has 18 heavy (non-hydrogen) atoms. The first-order valence-corrected chi connectivity index (χ1v) is 7.73. The highest BCUT2D eigenvalue weighted by Gasteiger charge is 2.24. The van der Waals surface area contributed by atoms with Gasteiger partial charge in [-0.1, -0.05) is 0 Å². The van der Waals surface area contributed by atoms with E-state index in [4.69, 9.17) is 5.73 Å². The molecule has 0 aliphatic carbocycles. The van der Waals surface area contributed by atoms with Crippen molar-refractivity contribution >= 4 is 21.4 Å². The second kappa shape index (κ2) is 5.11. The summed E-state index contributed by atoms with van der Waals surface area (Å²) >= 11 is 0. The Bertz CT molecular complexity index is 510. The Balaban J connectivity index is 1.94. The second-order valence-electron chi connectivity index (χ2n) is 4.54. The summed E-state index contributed by atoms with van der Waals surface area (Å²) in [6.45, 7) is 1.11. The zero-order chi connectivity index (χ0) is 13.2. The number of nitrogen functional groups attached to an aromatic ring is 1. The molecule has 6 nitrogen and oxygen atoms in total. The highest BCUT2D eigenvalue weighted by atomic mass is 32.2. The number of hydrogen-bond donors (Lipinski definition) is 2. The maximum absolute atomic E-state index is 11.4. The Morgan fingerprint density at radius 2 is 2.11 bits per heavy atom. The maximum atomic E-state index is 11.4. The first-order chi connectivity index (χ1) is 8.47. The summed E-state index contributed by atoms with van der Waals surface area (Å²) in [5.74, 6) is 0. The van der Waals surface area contributed by atoms with E-state index in [1.54, 1.807) is 12.4 Å². The zero-order valence-electron chi connectivity index (χ0n) is 10.3. The molecule has 1 aliphatic rings. The molecule has 3 N–H and O–H groups in total. The summed E-state index contributed by atoms with van der Waals surface area (Å²) < 4.78 is 24.3. The zero-order valence-corrected chi connectivity index (χ0v) is 11.2. The van der Waals surface area contributed by atoms with Crippen molar-refractivity contribution in [3.8, 4) is 0 Å². The minimum Gasteiger partial charge on any atom is -0.396 e. The summed E-state index contributed by atoms with van der Waals surface area (Å²) in [6.07, 6.45) is 6.11. The molecule has 1 fully saturated rings. The molecule has 0 bridgehead atoms. The molecule has 1 aliphatic heterocycles. The average Bonchev–Trinajstić information content (AvgIpc) is 2.32. The van der Waals surface area contributed by atoms with Gasteiger partial charge in [-0.2, -0.15) is 0 Å². The van der Waals surface area contributed by atoms with Gasteiger partial charge in [0, 0.05) is 25.3 Å². The monoisotopic (exact) mass is 270 g/mol. The minimum absolute atomic E-state index is 0.257. The standard InChI is InChI=1S/C11H18N4O2S/c1-18(16,17)15-6-3-9(4-7-15)14-11-2-5-13-8-10(11)12/h2,5,8-9H,3-4,6-7,12H2,1H3,(H,13,14). The maximum Gasteiger partial charge on any atom is 0.211 e. The Morgan fingerprint density at radius 1 is 1.44 bits per heavy atom. The number of pyridine rings is 1. The van der Waals surface area contributed by atoms with Gasteiger partial charge in [0.1, 0.15) is 0 Å². The average molecular weight is 270 g/mol. The molecule has 100 valence electrons. The number of nitrogens with two attached hydrogens (primary N) is 1. The molecule has 0 atom stereocenters. The van der Waals surface area contributed by atoms with E-state index in [1.165, 1.54) is 10.6 Å². The molecule has 0 aromatic carbocycles. The van der Waals surface area contributed by atoms with Crippen molar-refractivity contribution in [1.82, 2.24) is 9.29 Å². The van der Waals surface area contributed by atoms with E-state index in [1.807, 2.05) is 6.07 Å². The van der Waals surface area contributed by atoms with Crippen molar-refractivity contribution in [3.05, 3.63) is 18.5 Å². The fourth-order valence-corrected chi connectivity index (χ4v) is 2.96. The molecule has 1 aromatic rings. The van der Waals surface area contributed by atoms with Crippen molar-refractivity contribution in [2.45, 2.75) is 18.9 Å². The van der Waals surface area contributed by atoms with Crippen LogP contribution in [-0.4, -0.2) is 43.1 Å². The van der Waals surface area contributed by atoms with Gasteiger partial charge in [-0.3, -0.25) is 4.98 Å². The van der Waals surface area contributed by atoms with E-state index in [2.05, 4.69) is 10.3 Å². The molecular weight excluding hydrogens is 252 g/mol. The van der Waals surface area contributed by atoms with E-state index in [-0.39, 0.29) is 6.04 Å². The Hall–Kier alpha value is -1.34. The lowest BCUT2D eigenvalue weighted by molar-refractivity contribution is 0.332. The number of rotatable bonds is 3. The molecular formula is C11H18N4O2S. The van der Waals surface area contributed by atoms with Crippen molar-refractivity contribution in [3.63, 3.8) is 0 Å². The van der Waals surface area contributed by atoms with Gasteiger partial charge in [-0.25, -0.2) is 12.7 Å². The van der Waals surface area contributed by atoms with Crippen LogP contribution in [0.5, 0.6) is 0 Å². The van der Waals surface area contributed by atoms with Gasteiger partial charge in [0.2, 0.25) is 10.0 Å². The SMILES string of the molecule is CS(=O)(=O)N1CCC(Nc2ccncc2N)CC1. The van der Waals surface area contributed by atoms with E-state index in [9.17, 15) is 8.42 Å². The lowest BCUT2D eigenvalue weighted by Crippen LogP contribution is -2.41. The smallest absolute Gasteiger partial charge is 0.211 e. The lowest BCUT2D eigenvalue weighted by Gasteiger charge is -2.31. The van der Waals surface area contributed by atoms with Crippen molar-refractivity contribution < 1.29 is 8.42 Å². The second-order valence-corrected chi connectivity index (χ2v) is 6.53. The van der Waals surface area contributed by atoms with Crippen LogP contribution < -0.4 is 11.1 Å². The number of nitrogens with zero attached hydrogens (tertiary/aromatic N) is 2. The molecule has 0 unspecified atom stereocenters. The number of piperidine rings is 1. The van der Waals surface area contributed by atoms with Gasteiger partial charge >= 0.3 is 0 Å². The highest BCUT2D eigenvalue weighted by Crippen LogP contribution is 2.21. The molecule has 0 saturated carbocycles. The highest BCUT2D eigenvalue weighted by molar-refractivity contribution is 7.88. The van der Waals surface area contributed by atoms with Gasteiger partial charge in [0.15, 0.2) is 0 Å². The van der Waals surface area contributed by atoms with Gasteiger partial charge in [0.25, 0.3) is 0 Å². The largest absolute Gasteiger partial charge is 0.396 e. The topological polar surface area (TPSA) is 88.3 Å². The van der Waals surface area contributed by atoms with Crippen molar-refractivity contribution in [1.29, 1.82) is 0 Å². The molecule has 1 saturated heterocycles. The van der Waals surface area contributed by atoms with Crippen LogP contribution in [0.4, 0.5) is 11.4 Å². The predicted molar refractivity (Wildman–Crippen MR) is 71.7 cm³/mol. The van der Waals surface area contributed by atoms with Crippen LogP contribution in [-0.2, 0) is 10.0 Å². The van der Waals surface area contributed by atoms with E-state index >= 15 is 0 Å². The van der Waals surface area contributed by atoms with Crippen molar-refractivity contribution in [2.75, 3.05) is 30.4 Å². The third-order valence-corrected chi connectivity index (χ3v) is 4.44. The molecule has 0 radical (unpaired) electrons. The third kappa shape index (κ3) is 3.11. The quantitative estimate of drug-likeness (QED) is 0.835.